The van der Waals surface area contributed by atoms with Crippen LogP contribution in [0.4, 0.5) is 0 Å². The molecule has 128 valence electrons. The number of aryl methyl sites for hydroxylation is 1. The van der Waals surface area contributed by atoms with Crippen molar-refractivity contribution in [2.75, 3.05) is 0 Å². The number of imidazole rings is 1. The Balaban J connectivity index is 1.84. The third kappa shape index (κ3) is 2.54. The van der Waals surface area contributed by atoms with E-state index in [1.807, 2.05) is 4.68 Å². The van der Waals surface area contributed by atoms with Gasteiger partial charge in [0.25, 0.3) is 0 Å². The lowest BCUT2D eigenvalue weighted by Crippen LogP contribution is -2.10. The molecule has 0 spiro atoms. The molecule has 6 heteroatoms. The summed E-state index contributed by atoms with van der Waals surface area (Å²) in [5.41, 5.74) is 6.73. The van der Waals surface area contributed by atoms with Crippen LogP contribution < -0.4 is 0 Å². The Bertz CT molecular complexity index is 1040. The first-order valence-electron chi connectivity index (χ1n) is 8.39. The zero-order chi connectivity index (χ0) is 17.8. The number of hydrogen-bond donors (Lipinski definition) is 1. The highest BCUT2D eigenvalue weighted by atomic mass is 15.5. The van der Waals surface area contributed by atoms with E-state index in [2.05, 4.69) is 78.7 Å². The fraction of sp³-hybridized carbons (Fsp3) is 0.316. The van der Waals surface area contributed by atoms with Gasteiger partial charge in [-0.15, -0.1) is 10.2 Å². The minimum absolute atomic E-state index is 0.115. The van der Waals surface area contributed by atoms with E-state index in [1.54, 1.807) is 12.7 Å². The molecule has 0 aliphatic heterocycles. The average molecular weight is 334 g/mol. The van der Waals surface area contributed by atoms with Crippen LogP contribution in [0.5, 0.6) is 0 Å². The van der Waals surface area contributed by atoms with Gasteiger partial charge in [-0.3, -0.25) is 4.68 Å². The van der Waals surface area contributed by atoms with Crippen molar-refractivity contribution in [2.24, 2.45) is 0 Å². The Hall–Kier alpha value is -2.89. The number of nitrogens with one attached hydrogen (secondary N) is 1. The molecule has 4 aromatic rings. The minimum Gasteiger partial charge on any atom is -0.338 e. The predicted molar refractivity (Wildman–Crippen MR) is 98.5 cm³/mol. The smallest absolute Gasteiger partial charge is 0.140 e. The van der Waals surface area contributed by atoms with Gasteiger partial charge < -0.3 is 4.98 Å². The normalized spacial score (nSPS) is 12.2. The Morgan fingerprint density at radius 2 is 1.72 bits per heavy atom. The summed E-state index contributed by atoms with van der Waals surface area (Å²) in [6, 6.07) is 8.59. The highest BCUT2D eigenvalue weighted by Gasteiger charge is 2.18. The van der Waals surface area contributed by atoms with E-state index < -0.39 is 0 Å². The molecular weight excluding hydrogens is 312 g/mol. The molecule has 25 heavy (non-hydrogen) atoms. The van der Waals surface area contributed by atoms with Gasteiger partial charge in [0.15, 0.2) is 0 Å². The van der Waals surface area contributed by atoms with Crippen molar-refractivity contribution in [3.05, 3.63) is 53.9 Å². The maximum atomic E-state index is 4.79. The van der Waals surface area contributed by atoms with Crippen molar-refractivity contribution < 1.29 is 0 Å². The van der Waals surface area contributed by atoms with Crippen molar-refractivity contribution in [1.29, 1.82) is 0 Å². The fourth-order valence-corrected chi connectivity index (χ4v) is 3.25. The zero-order valence-electron chi connectivity index (χ0n) is 15.2. The Morgan fingerprint density at radius 1 is 1.00 bits per heavy atom. The standard InChI is InChI=1S/C19H22N6/c1-12-8-15(13(2)25(12)24-10-20-21-11-24)18-22-16-7-6-14(19(3,4)5)9-17(16)23-18/h6-11H,1-5H3,(H,22,23). The van der Waals surface area contributed by atoms with E-state index in [0.29, 0.717) is 0 Å². The Morgan fingerprint density at radius 3 is 2.40 bits per heavy atom. The monoisotopic (exact) mass is 334 g/mol. The van der Waals surface area contributed by atoms with Crippen LogP contribution in [0, 0.1) is 13.8 Å². The quantitative estimate of drug-likeness (QED) is 0.605. The number of aromatic amines is 1. The number of aromatic nitrogens is 6. The number of hydrogen-bond acceptors (Lipinski definition) is 3. The molecule has 0 fully saturated rings. The van der Waals surface area contributed by atoms with Gasteiger partial charge in [-0.25, -0.2) is 9.66 Å². The highest BCUT2D eigenvalue weighted by Crippen LogP contribution is 2.29. The molecule has 0 aliphatic carbocycles. The topological polar surface area (TPSA) is 64.3 Å². The van der Waals surface area contributed by atoms with Gasteiger partial charge >= 0.3 is 0 Å². The van der Waals surface area contributed by atoms with Crippen molar-refractivity contribution >= 4 is 11.0 Å². The molecule has 1 N–H and O–H groups in total. The van der Waals surface area contributed by atoms with E-state index in [9.17, 15) is 0 Å². The molecule has 3 aromatic heterocycles. The first kappa shape index (κ1) is 15.6. The summed E-state index contributed by atoms with van der Waals surface area (Å²) in [6.07, 6.45) is 3.38. The Kier molecular flexibility index (Phi) is 3.32. The van der Waals surface area contributed by atoms with E-state index >= 15 is 0 Å². The summed E-state index contributed by atoms with van der Waals surface area (Å²) in [4.78, 5) is 8.28. The lowest BCUT2D eigenvalue weighted by Gasteiger charge is -2.18. The second kappa shape index (κ2) is 5.31. The highest BCUT2D eigenvalue weighted by molar-refractivity contribution is 5.81. The number of rotatable bonds is 2. The van der Waals surface area contributed by atoms with E-state index in [4.69, 9.17) is 4.98 Å². The predicted octanol–water partition coefficient (Wildman–Crippen LogP) is 3.85. The summed E-state index contributed by atoms with van der Waals surface area (Å²) < 4.78 is 3.94. The van der Waals surface area contributed by atoms with Gasteiger partial charge in [0.05, 0.1) is 11.0 Å². The molecule has 0 aliphatic rings. The summed E-state index contributed by atoms with van der Waals surface area (Å²) in [7, 11) is 0. The van der Waals surface area contributed by atoms with Crippen molar-refractivity contribution in [3.8, 4) is 11.4 Å². The summed E-state index contributed by atoms with van der Waals surface area (Å²) >= 11 is 0. The first-order valence-corrected chi connectivity index (χ1v) is 8.39. The lowest BCUT2D eigenvalue weighted by atomic mass is 9.87. The van der Waals surface area contributed by atoms with Crippen molar-refractivity contribution in [3.63, 3.8) is 0 Å². The van der Waals surface area contributed by atoms with E-state index in [0.717, 1.165) is 33.8 Å². The molecule has 0 radical (unpaired) electrons. The van der Waals surface area contributed by atoms with Gasteiger partial charge in [-0.1, -0.05) is 26.8 Å². The molecule has 0 saturated carbocycles. The largest absolute Gasteiger partial charge is 0.338 e. The average Bonchev–Trinajstić information content (AvgIpc) is 3.24. The molecule has 0 unspecified atom stereocenters. The van der Waals surface area contributed by atoms with Crippen molar-refractivity contribution in [1.82, 2.24) is 29.5 Å². The van der Waals surface area contributed by atoms with Gasteiger partial charge in [0.1, 0.15) is 18.5 Å². The Labute approximate surface area is 146 Å². The molecule has 6 nitrogen and oxygen atoms in total. The molecule has 3 heterocycles. The second-order valence-electron chi connectivity index (χ2n) is 7.51. The molecule has 0 atom stereocenters. The van der Waals surface area contributed by atoms with Crippen LogP contribution in [0.15, 0.2) is 36.9 Å². The lowest BCUT2D eigenvalue weighted by molar-refractivity contribution is 0.591. The van der Waals surface area contributed by atoms with E-state index in [1.165, 1.54) is 5.56 Å². The number of fused-ring (bicyclic) bond motifs is 1. The first-order chi connectivity index (χ1) is 11.8. The third-order valence-corrected chi connectivity index (χ3v) is 4.64. The number of H-pyrrole nitrogens is 1. The second-order valence-corrected chi connectivity index (χ2v) is 7.51. The van der Waals surface area contributed by atoms with Crippen LogP contribution in [0.3, 0.4) is 0 Å². The van der Waals surface area contributed by atoms with Crippen LogP contribution in [-0.4, -0.2) is 29.5 Å². The van der Waals surface area contributed by atoms with Gasteiger partial charge in [-0.2, -0.15) is 0 Å². The van der Waals surface area contributed by atoms with Gasteiger partial charge in [-0.05, 0) is 43.0 Å². The molecular formula is C19H22N6. The molecule has 0 amide bonds. The fourth-order valence-electron chi connectivity index (χ4n) is 3.25. The summed E-state index contributed by atoms with van der Waals surface area (Å²) in [6.45, 7) is 10.8. The summed E-state index contributed by atoms with van der Waals surface area (Å²) in [5, 5.41) is 7.80. The van der Waals surface area contributed by atoms with Crippen molar-refractivity contribution in [2.45, 2.75) is 40.0 Å². The number of benzene rings is 1. The minimum atomic E-state index is 0.115. The number of nitrogens with zero attached hydrogens (tertiary/aromatic N) is 5. The van der Waals surface area contributed by atoms with Crippen LogP contribution in [-0.2, 0) is 5.41 Å². The van der Waals surface area contributed by atoms with Gasteiger partial charge in [0.2, 0.25) is 0 Å². The van der Waals surface area contributed by atoms with E-state index in [-0.39, 0.29) is 5.41 Å². The van der Waals surface area contributed by atoms with Gasteiger partial charge in [0, 0.05) is 17.0 Å². The van der Waals surface area contributed by atoms with Crippen LogP contribution >= 0.6 is 0 Å². The van der Waals surface area contributed by atoms with Crippen LogP contribution in [0.2, 0.25) is 0 Å². The maximum absolute atomic E-state index is 4.79. The molecule has 0 saturated heterocycles. The molecule has 1 aromatic carbocycles. The SMILES string of the molecule is Cc1cc(-c2nc3ccc(C(C)(C)C)cc3[nH]2)c(C)n1-n1cnnc1. The maximum Gasteiger partial charge on any atom is 0.140 e. The summed E-state index contributed by atoms with van der Waals surface area (Å²) in [5.74, 6) is 0.883. The molecule has 4 rings (SSSR count). The van der Waals surface area contributed by atoms with Crippen LogP contribution in [0.25, 0.3) is 22.4 Å². The zero-order valence-corrected chi connectivity index (χ0v) is 15.2. The third-order valence-electron chi connectivity index (χ3n) is 4.64. The molecule has 0 bridgehead atoms. The van der Waals surface area contributed by atoms with Crippen LogP contribution in [0.1, 0.15) is 37.7 Å².